The normalized spacial score (nSPS) is 10.7. The Morgan fingerprint density at radius 1 is 0.938 bits per heavy atom. The van der Waals surface area contributed by atoms with E-state index in [2.05, 4.69) is 10.4 Å². The lowest BCUT2D eigenvalue weighted by molar-refractivity contribution is 0.0996. The minimum atomic E-state index is -0.407. The molecular formula is C25H19Cl2N3O2. The quantitative estimate of drug-likeness (QED) is 0.355. The smallest absolute Gasteiger partial charge is 0.257 e. The Kier molecular flexibility index (Phi) is 6.40. The molecule has 0 spiro atoms. The Morgan fingerprint density at radius 2 is 1.66 bits per heavy atom. The van der Waals surface area contributed by atoms with Crippen LogP contribution in [0.25, 0.3) is 0 Å². The molecular weight excluding hydrogens is 445 g/mol. The fourth-order valence-electron chi connectivity index (χ4n) is 3.26. The van der Waals surface area contributed by atoms with E-state index in [0.29, 0.717) is 33.5 Å². The molecule has 4 rings (SSSR count). The number of nitrogens with one attached hydrogen (secondary N) is 1. The highest BCUT2D eigenvalue weighted by molar-refractivity contribution is 6.35. The lowest BCUT2D eigenvalue weighted by Gasteiger charge is -2.09. The van der Waals surface area contributed by atoms with Crippen LogP contribution in [0.15, 0.2) is 79.0 Å². The van der Waals surface area contributed by atoms with Crippen LogP contribution in [0.3, 0.4) is 0 Å². The van der Waals surface area contributed by atoms with Crippen LogP contribution in [0.5, 0.6) is 0 Å². The summed E-state index contributed by atoms with van der Waals surface area (Å²) in [6.07, 6.45) is 1.74. The van der Waals surface area contributed by atoms with Crippen molar-refractivity contribution in [1.82, 2.24) is 9.78 Å². The summed E-state index contributed by atoms with van der Waals surface area (Å²) in [5.74, 6) is -0.243. The summed E-state index contributed by atoms with van der Waals surface area (Å²) in [4.78, 5) is 25.9. The zero-order chi connectivity index (χ0) is 22.7. The highest BCUT2D eigenvalue weighted by atomic mass is 35.5. The largest absolute Gasteiger partial charge is 0.305 e. The van der Waals surface area contributed by atoms with Crippen LogP contribution in [0, 0.1) is 6.92 Å². The Balaban J connectivity index is 1.51. The van der Waals surface area contributed by atoms with Crippen LogP contribution in [-0.2, 0) is 6.54 Å². The van der Waals surface area contributed by atoms with Gasteiger partial charge in [0.1, 0.15) is 0 Å². The summed E-state index contributed by atoms with van der Waals surface area (Å²) in [7, 11) is 0. The monoisotopic (exact) mass is 463 g/mol. The maximum absolute atomic E-state index is 13.0. The molecule has 0 radical (unpaired) electrons. The number of carbonyl (C=O) groups excluding carboxylic acids is 2. The first kappa shape index (κ1) is 21.8. The van der Waals surface area contributed by atoms with Gasteiger partial charge in [-0.15, -0.1) is 0 Å². The minimum absolute atomic E-state index is 0.210. The van der Waals surface area contributed by atoms with E-state index < -0.39 is 5.91 Å². The van der Waals surface area contributed by atoms with Gasteiger partial charge in [0.25, 0.3) is 5.91 Å². The van der Waals surface area contributed by atoms with Crippen LogP contribution in [0.4, 0.5) is 5.82 Å². The third-order valence-electron chi connectivity index (χ3n) is 4.96. The van der Waals surface area contributed by atoms with Crippen molar-refractivity contribution in [2.45, 2.75) is 13.5 Å². The number of hydrogen-bond donors (Lipinski definition) is 1. The molecule has 0 aliphatic carbocycles. The summed E-state index contributed by atoms with van der Waals surface area (Å²) in [5, 5.41) is 8.26. The molecule has 1 N–H and O–H groups in total. The molecule has 0 atom stereocenters. The summed E-state index contributed by atoms with van der Waals surface area (Å²) >= 11 is 12.2. The van der Waals surface area contributed by atoms with Crippen molar-refractivity contribution < 1.29 is 9.59 Å². The second-order valence-electron chi connectivity index (χ2n) is 7.33. The van der Waals surface area contributed by atoms with Gasteiger partial charge < -0.3 is 5.32 Å². The van der Waals surface area contributed by atoms with E-state index in [1.54, 1.807) is 65.5 Å². The molecule has 0 fully saturated rings. The number of carbonyl (C=O) groups is 2. The molecule has 1 heterocycles. The van der Waals surface area contributed by atoms with Crippen molar-refractivity contribution in [3.8, 4) is 0 Å². The van der Waals surface area contributed by atoms with Gasteiger partial charge in [-0.05, 0) is 30.7 Å². The molecule has 0 saturated heterocycles. The van der Waals surface area contributed by atoms with Gasteiger partial charge in [-0.3, -0.25) is 14.3 Å². The fraction of sp³-hybridized carbons (Fsp3) is 0.0800. The van der Waals surface area contributed by atoms with Crippen LogP contribution in [0.2, 0.25) is 10.0 Å². The van der Waals surface area contributed by atoms with Gasteiger partial charge in [-0.2, -0.15) is 5.10 Å². The van der Waals surface area contributed by atoms with Crippen LogP contribution in [-0.4, -0.2) is 21.5 Å². The van der Waals surface area contributed by atoms with E-state index in [9.17, 15) is 9.59 Å². The molecule has 3 aromatic carbocycles. The topological polar surface area (TPSA) is 64.0 Å². The van der Waals surface area contributed by atoms with E-state index in [1.165, 1.54) is 0 Å². The molecule has 1 amide bonds. The number of halogens is 2. The summed E-state index contributed by atoms with van der Waals surface area (Å²) in [6, 6.07) is 21.0. The predicted molar refractivity (Wildman–Crippen MR) is 127 cm³/mol. The van der Waals surface area contributed by atoms with Gasteiger partial charge in [0.15, 0.2) is 11.6 Å². The Hall–Kier alpha value is -3.41. The number of aryl methyl sites for hydroxylation is 1. The maximum atomic E-state index is 13.0. The van der Waals surface area contributed by atoms with Crippen molar-refractivity contribution in [3.63, 3.8) is 0 Å². The lowest BCUT2D eigenvalue weighted by atomic mass is 9.97. The molecule has 0 bridgehead atoms. The molecule has 7 heteroatoms. The summed E-state index contributed by atoms with van der Waals surface area (Å²) < 4.78 is 1.66. The number of amides is 1. The molecule has 0 aliphatic rings. The highest BCUT2D eigenvalue weighted by Gasteiger charge is 2.19. The molecule has 32 heavy (non-hydrogen) atoms. The summed E-state index contributed by atoms with van der Waals surface area (Å²) in [6.45, 7) is 2.38. The van der Waals surface area contributed by atoms with Crippen molar-refractivity contribution in [3.05, 3.63) is 117 Å². The third kappa shape index (κ3) is 4.90. The van der Waals surface area contributed by atoms with Crippen LogP contribution < -0.4 is 5.32 Å². The standard InChI is InChI=1S/C25H19Cl2N3O2/c1-16-6-8-17(9-7-16)24(31)20-4-2-3-5-21(20)25(32)28-23-12-13-30(29-23)15-18-10-11-19(26)14-22(18)27/h2-14H,15H2,1H3,(H,28,29,32). The van der Waals surface area contributed by atoms with Gasteiger partial charge >= 0.3 is 0 Å². The predicted octanol–water partition coefficient (Wildman–Crippen LogP) is 6.03. The van der Waals surface area contributed by atoms with Gasteiger partial charge in [-0.25, -0.2) is 0 Å². The van der Waals surface area contributed by atoms with E-state index in [1.807, 2.05) is 25.1 Å². The number of ketones is 1. The minimum Gasteiger partial charge on any atom is -0.305 e. The highest BCUT2D eigenvalue weighted by Crippen LogP contribution is 2.22. The number of hydrogen-bond acceptors (Lipinski definition) is 3. The fourth-order valence-corrected chi connectivity index (χ4v) is 3.73. The molecule has 160 valence electrons. The third-order valence-corrected chi connectivity index (χ3v) is 5.55. The van der Waals surface area contributed by atoms with E-state index >= 15 is 0 Å². The second kappa shape index (κ2) is 9.39. The van der Waals surface area contributed by atoms with E-state index in [-0.39, 0.29) is 11.3 Å². The van der Waals surface area contributed by atoms with Gasteiger partial charge in [0, 0.05) is 33.4 Å². The SMILES string of the molecule is Cc1ccc(C(=O)c2ccccc2C(=O)Nc2ccn(Cc3ccc(Cl)cc3Cl)n2)cc1. The first-order chi connectivity index (χ1) is 15.4. The van der Waals surface area contributed by atoms with Crippen molar-refractivity contribution in [2.75, 3.05) is 5.32 Å². The molecule has 4 aromatic rings. The Morgan fingerprint density at radius 3 is 2.38 bits per heavy atom. The number of nitrogens with zero attached hydrogens (tertiary/aromatic N) is 2. The molecule has 0 unspecified atom stereocenters. The number of rotatable bonds is 6. The van der Waals surface area contributed by atoms with Gasteiger partial charge in [-0.1, -0.05) is 77.3 Å². The average molecular weight is 464 g/mol. The lowest BCUT2D eigenvalue weighted by Crippen LogP contribution is -2.17. The number of anilines is 1. The van der Waals surface area contributed by atoms with Crippen molar-refractivity contribution >= 4 is 40.7 Å². The van der Waals surface area contributed by atoms with E-state index in [0.717, 1.165) is 11.1 Å². The molecule has 0 aliphatic heterocycles. The second-order valence-corrected chi connectivity index (χ2v) is 8.17. The molecule has 0 saturated carbocycles. The van der Waals surface area contributed by atoms with Gasteiger partial charge in [0.2, 0.25) is 0 Å². The number of aromatic nitrogens is 2. The Bertz CT molecular complexity index is 1300. The van der Waals surface area contributed by atoms with Crippen molar-refractivity contribution in [1.29, 1.82) is 0 Å². The Labute approximate surface area is 195 Å². The van der Waals surface area contributed by atoms with Gasteiger partial charge in [0.05, 0.1) is 12.1 Å². The van der Waals surface area contributed by atoms with Crippen LogP contribution >= 0.6 is 23.2 Å². The zero-order valence-corrected chi connectivity index (χ0v) is 18.7. The number of benzene rings is 3. The first-order valence-electron chi connectivity index (χ1n) is 9.90. The average Bonchev–Trinajstić information content (AvgIpc) is 3.22. The van der Waals surface area contributed by atoms with E-state index in [4.69, 9.17) is 23.2 Å². The molecule has 1 aromatic heterocycles. The zero-order valence-electron chi connectivity index (χ0n) is 17.2. The van der Waals surface area contributed by atoms with Crippen LogP contribution in [0.1, 0.15) is 37.4 Å². The maximum Gasteiger partial charge on any atom is 0.257 e. The van der Waals surface area contributed by atoms with Crippen molar-refractivity contribution in [2.24, 2.45) is 0 Å². The molecule has 5 nitrogen and oxygen atoms in total. The summed E-state index contributed by atoms with van der Waals surface area (Å²) in [5.41, 5.74) is 3.06. The first-order valence-corrected chi connectivity index (χ1v) is 10.7.